The van der Waals surface area contributed by atoms with Gasteiger partial charge < -0.3 is 0 Å². The molecule has 10 heavy (non-hydrogen) atoms. The van der Waals surface area contributed by atoms with Gasteiger partial charge in [-0.2, -0.15) is 0 Å². The smallest absolute Gasteiger partial charge is 0.0321 e. The lowest BCUT2D eigenvalue weighted by atomic mass is 10.2. The maximum absolute atomic E-state index is 4.31. The van der Waals surface area contributed by atoms with Crippen LogP contribution in [0.3, 0.4) is 0 Å². The van der Waals surface area contributed by atoms with Gasteiger partial charge in [-0.3, -0.25) is 0 Å². The van der Waals surface area contributed by atoms with Gasteiger partial charge in [-0.05, 0) is 63.1 Å². The Kier molecular flexibility index (Phi) is 3.06. The molecule has 0 aliphatic heterocycles. The van der Waals surface area contributed by atoms with Crippen molar-refractivity contribution in [2.75, 3.05) is 0 Å². The van der Waals surface area contributed by atoms with Crippen molar-refractivity contribution in [1.29, 1.82) is 0 Å². The van der Waals surface area contributed by atoms with Crippen molar-refractivity contribution in [3.8, 4) is 0 Å². The van der Waals surface area contributed by atoms with Gasteiger partial charge >= 0.3 is 0 Å². The standard InChI is InChI=1S/C7H6BrIS/c1-4-2-5(9)3-6(8)7(4)10/h2-3,10H,1H3. The second-order valence-electron chi connectivity index (χ2n) is 2.05. The van der Waals surface area contributed by atoms with E-state index in [1.165, 1.54) is 9.13 Å². The van der Waals surface area contributed by atoms with Crippen molar-refractivity contribution in [2.45, 2.75) is 11.8 Å². The largest absolute Gasteiger partial charge is 0.142 e. The zero-order valence-corrected chi connectivity index (χ0v) is 10.00. The Bertz CT molecular complexity index is 237. The van der Waals surface area contributed by atoms with E-state index in [-0.39, 0.29) is 0 Å². The number of halogens is 2. The highest BCUT2D eigenvalue weighted by Gasteiger charge is 1.99. The highest BCUT2D eigenvalue weighted by Crippen LogP contribution is 2.26. The Hall–Kier alpha value is 0.780. The van der Waals surface area contributed by atoms with Crippen LogP contribution in [0.1, 0.15) is 5.56 Å². The fraction of sp³-hybridized carbons (Fsp3) is 0.143. The summed E-state index contributed by atoms with van der Waals surface area (Å²) in [5.41, 5.74) is 1.21. The van der Waals surface area contributed by atoms with Gasteiger partial charge in [0, 0.05) is 12.9 Å². The van der Waals surface area contributed by atoms with Crippen LogP contribution in [0.25, 0.3) is 0 Å². The van der Waals surface area contributed by atoms with Crippen LogP contribution in [-0.2, 0) is 0 Å². The molecule has 1 aromatic carbocycles. The molecule has 0 radical (unpaired) electrons. The third-order valence-electron chi connectivity index (χ3n) is 1.22. The number of hydrogen-bond donors (Lipinski definition) is 1. The number of aryl methyl sites for hydroxylation is 1. The van der Waals surface area contributed by atoms with E-state index in [0.717, 1.165) is 9.37 Å². The number of hydrogen-bond acceptors (Lipinski definition) is 1. The minimum atomic E-state index is 1.03. The summed E-state index contributed by atoms with van der Waals surface area (Å²) in [4.78, 5) is 1.03. The predicted octanol–water partition coefficient (Wildman–Crippen LogP) is 3.65. The third-order valence-corrected chi connectivity index (χ3v) is 3.37. The van der Waals surface area contributed by atoms with E-state index in [4.69, 9.17) is 0 Å². The second kappa shape index (κ2) is 3.45. The SMILES string of the molecule is Cc1cc(I)cc(Br)c1S. The van der Waals surface area contributed by atoms with Crippen molar-refractivity contribution in [3.63, 3.8) is 0 Å². The number of thiol groups is 1. The van der Waals surface area contributed by atoms with Gasteiger partial charge in [0.25, 0.3) is 0 Å². The van der Waals surface area contributed by atoms with Crippen molar-refractivity contribution in [3.05, 3.63) is 25.7 Å². The molecule has 1 aromatic rings. The lowest BCUT2D eigenvalue weighted by Crippen LogP contribution is -1.80. The summed E-state index contributed by atoms with van der Waals surface area (Å²) in [6.07, 6.45) is 0. The van der Waals surface area contributed by atoms with Gasteiger partial charge in [-0.1, -0.05) is 0 Å². The molecule has 54 valence electrons. The Labute approximate surface area is 88.1 Å². The van der Waals surface area contributed by atoms with Crippen LogP contribution < -0.4 is 0 Å². The van der Waals surface area contributed by atoms with Crippen LogP contribution in [0.5, 0.6) is 0 Å². The Morgan fingerprint density at radius 2 is 2.10 bits per heavy atom. The molecular formula is C7H6BrIS. The first kappa shape index (κ1) is 8.87. The summed E-state index contributed by atoms with van der Waals surface area (Å²) in [7, 11) is 0. The summed E-state index contributed by atoms with van der Waals surface area (Å²) in [5.74, 6) is 0. The van der Waals surface area contributed by atoms with Crippen molar-refractivity contribution < 1.29 is 0 Å². The molecule has 0 aliphatic carbocycles. The molecule has 0 aromatic heterocycles. The molecule has 0 aliphatic rings. The van der Waals surface area contributed by atoms with Crippen LogP contribution in [0.2, 0.25) is 0 Å². The fourth-order valence-electron chi connectivity index (χ4n) is 0.695. The third kappa shape index (κ3) is 1.89. The van der Waals surface area contributed by atoms with E-state index in [1.807, 2.05) is 0 Å². The van der Waals surface area contributed by atoms with Crippen molar-refractivity contribution in [2.24, 2.45) is 0 Å². The average Bonchev–Trinajstić information content (AvgIpc) is 1.82. The van der Waals surface area contributed by atoms with Gasteiger partial charge in [0.2, 0.25) is 0 Å². The Morgan fingerprint density at radius 3 is 2.60 bits per heavy atom. The lowest BCUT2D eigenvalue weighted by Gasteiger charge is -2.01. The lowest BCUT2D eigenvalue weighted by molar-refractivity contribution is 1.27. The van der Waals surface area contributed by atoms with E-state index >= 15 is 0 Å². The van der Waals surface area contributed by atoms with Crippen LogP contribution in [-0.4, -0.2) is 0 Å². The predicted molar refractivity (Wildman–Crippen MR) is 58.8 cm³/mol. The molecule has 0 bridgehead atoms. The molecule has 0 spiro atoms. The first-order chi connectivity index (χ1) is 4.61. The number of rotatable bonds is 0. The highest BCUT2D eigenvalue weighted by atomic mass is 127. The molecule has 0 heterocycles. The molecule has 1 rings (SSSR count). The number of benzene rings is 1. The van der Waals surface area contributed by atoms with Gasteiger partial charge in [-0.25, -0.2) is 0 Å². The van der Waals surface area contributed by atoms with Gasteiger partial charge in [-0.15, -0.1) is 12.6 Å². The van der Waals surface area contributed by atoms with Gasteiger partial charge in [0.1, 0.15) is 0 Å². The molecule has 0 atom stereocenters. The second-order valence-corrected chi connectivity index (χ2v) is 4.60. The van der Waals surface area contributed by atoms with Crippen LogP contribution in [0.15, 0.2) is 21.5 Å². The molecule has 0 amide bonds. The quantitative estimate of drug-likeness (QED) is 0.545. The Balaban J connectivity index is 3.31. The monoisotopic (exact) mass is 328 g/mol. The zero-order valence-electron chi connectivity index (χ0n) is 5.36. The summed E-state index contributed by atoms with van der Waals surface area (Å²) in [6.45, 7) is 2.05. The minimum absolute atomic E-state index is 1.03. The van der Waals surface area contributed by atoms with Crippen LogP contribution in [0, 0.1) is 10.5 Å². The summed E-state index contributed by atoms with van der Waals surface area (Å²) in [5, 5.41) is 0. The zero-order chi connectivity index (χ0) is 7.72. The normalized spacial score (nSPS) is 10.0. The summed E-state index contributed by atoms with van der Waals surface area (Å²) >= 11 is 10.0. The average molecular weight is 329 g/mol. The molecule has 0 saturated carbocycles. The van der Waals surface area contributed by atoms with Crippen molar-refractivity contribution in [1.82, 2.24) is 0 Å². The minimum Gasteiger partial charge on any atom is -0.142 e. The Morgan fingerprint density at radius 1 is 1.50 bits per heavy atom. The molecule has 0 nitrogen and oxygen atoms in total. The fourth-order valence-corrected chi connectivity index (χ4v) is 2.59. The summed E-state index contributed by atoms with van der Waals surface area (Å²) in [6, 6.07) is 4.16. The molecule has 3 heteroatoms. The van der Waals surface area contributed by atoms with Crippen LogP contribution in [0.4, 0.5) is 0 Å². The van der Waals surface area contributed by atoms with Crippen molar-refractivity contribution >= 4 is 51.1 Å². The van der Waals surface area contributed by atoms with E-state index in [9.17, 15) is 0 Å². The maximum atomic E-state index is 4.31. The van der Waals surface area contributed by atoms with E-state index in [2.05, 4.69) is 70.2 Å². The van der Waals surface area contributed by atoms with E-state index < -0.39 is 0 Å². The van der Waals surface area contributed by atoms with E-state index in [1.54, 1.807) is 0 Å². The first-order valence-corrected chi connectivity index (χ1v) is 5.08. The maximum Gasteiger partial charge on any atom is 0.0321 e. The molecular weight excluding hydrogens is 323 g/mol. The molecule has 0 N–H and O–H groups in total. The topological polar surface area (TPSA) is 0 Å². The molecule has 0 unspecified atom stereocenters. The highest BCUT2D eigenvalue weighted by molar-refractivity contribution is 14.1. The summed E-state index contributed by atoms with van der Waals surface area (Å²) < 4.78 is 2.31. The first-order valence-electron chi connectivity index (χ1n) is 2.76. The molecule has 0 saturated heterocycles. The molecule has 0 fully saturated rings. The van der Waals surface area contributed by atoms with Gasteiger partial charge in [0.15, 0.2) is 0 Å². The van der Waals surface area contributed by atoms with E-state index in [0.29, 0.717) is 0 Å². The van der Waals surface area contributed by atoms with Gasteiger partial charge in [0.05, 0.1) is 0 Å². The van der Waals surface area contributed by atoms with Crippen LogP contribution >= 0.6 is 51.1 Å².